The number of hydrogen-bond donors (Lipinski definition) is 1. The van der Waals surface area contributed by atoms with E-state index >= 15 is 0 Å². The summed E-state index contributed by atoms with van der Waals surface area (Å²) >= 11 is 0. The van der Waals surface area contributed by atoms with E-state index in [1.165, 1.54) is 25.7 Å². The molecule has 1 atom stereocenters. The summed E-state index contributed by atoms with van der Waals surface area (Å²) in [4.78, 5) is 35.4. The largest absolute Gasteiger partial charge is 0.424 e. The lowest BCUT2D eigenvalue weighted by Gasteiger charge is -2.27. The lowest BCUT2D eigenvalue weighted by Crippen LogP contribution is -2.37. The van der Waals surface area contributed by atoms with Crippen molar-refractivity contribution in [3.05, 3.63) is 42.2 Å². The van der Waals surface area contributed by atoms with Crippen LogP contribution in [-0.2, 0) is 9.59 Å². The lowest BCUT2D eigenvalue weighted by atomic mass is 10.1. The third-order valence-electron chi connectivity index (χ3n) is 6.00. The molecule has 2 heterocycles. The van der Waals surface area contributed by atoms with Gasteiger partial charge in [0.1, 0.15) is 5.75 Å². The predicted molar refractivity (Wildman–Crippen MR) is 113 cm³/mol. The maximum absolute atomic E-state index is 12.8. The molecule has 1 saturated heterocycles. The van der Waals surface area contributed by atoms with E-state index in [1.807, 2.05) is 24.0 Å². The van der Waals surface area contributed by atoms with Crippen LogP contribution in [0.3, 0.4) is 0 Å². The average molecular weight is 409 g/mol. The first-order chi connectivity index (χ1) is 14.6. The van der Waals surface area contributed by atoms with Crippen LogP contribution in [-0.4, -0.2) is 39.3 Å². The summed E-state index contributed by atoms with van der Waals surface area (Å²) in [5, 5.41) is 2.99. The quantitative estimate of drug-likeness (QED) is 0.754. The normalized spacial score (nSPS) is 20.1. The molecular weight excluding hydrogens is 380 g/mol. The molecule has 7 heteroatoms. The second-order valence-corrected chi connectivity index (χ2v) is 8.19. The van der Waals surface area contributed by atoms with Gasteiger partial charge in [0, 0.05) is 37.1 Å². The van der Waals surface area contributed by atoms with Crippen molar-refractivity contribution in [2.45, 2.75) is 57.9 Å². The van der Waals surface area contributed by atoms with Gasteiger partial charge in [-0.25, -0.2) is 9.97 Å². The van der Waals surface area contributed by atoms with Crippen molar-refractivity contribution in [3.63, 3.8) is 0 Å². The first-order valence-electron chi connectivity index (χ1n) is 10.8. The number of anilines is 1. The van der Waals surface area contributed by atoms with Crippen LogP contribution in [0.25, 0.3) is 0 Å². The van der Waals surface area contributed by atoms with Crippen molar-refractivity contribution in [3.8, 4) is 11.8 Å². The number of nitrogens with zero attached hydrogens (tertiary/aromatic N) is 3. The maximum atomic E-state index is 12.8. The van der Waals surface area contributed by atoms with Gasteiger partial charge in [0.15, 0.2) is 0 Å². The lowest BCUT2D eigenvalue weighted by molar-refractivity contribution is -0.130. The third kappa shape index (κ3) is 4.78. The van der Waals surface area contributed by atoms with Crippen LogP contribution >= 0.6 is 0 Å². The Balaban J connectivity index is 1.37. The molecule has 2 amide bonds. The number of rotatable bonds is 5. The standard InChI is InChI=1S/C23H28N4O3/c1-16-13-19(30-23-24-11-6-12-25-23)9-10-20(16)26-22(29)17-14-21(28)27(15-17)18-7-4-2-3-5-8-18/h6,9-13,17-18H,2-5,7-8,14-15H2,1H3,(H,26,29). The van der Waals surface area contributed by atoms with Gasteiger partial charge in [-0.15, -0.1) is 0 Å². The van der Waals surface area contributed by atoms with E-state index in [2.05, 4.69) is 15.3 Å². The van der Waals surface area contributed by atoms with Gasteiger partial charge in [0.25, 0.3) is 0 Å². The van der Waals surface area contributed by atoms with Crippen molar-refractivity contribution in [1.29, 1.82) is 0 Å². The molecule has 1 aliphatic heterocycles. The molecule has 158 valence electrons. The molecule has 30 heavy (non-hydrogen) atoms. The van der Waals surface area contributed by atoms with Gasteiger partial charge < -0.3 is 15.0 Å². The Kier molecular flexibility index (Phi) is 6.26. The highest BCUT2D eigenvalue weighted by Gasteiger charge is 2.37. The number of aromatic nitrogens is 2. The molecule has 0 spiro atoms. The Hall–Kier alpha value is -2.96. The molecule has 1 aliphatic carbocycles. The van der Waals surface area contributed by atoms with Crippen LogP contribution in [0.2, 0.25) is 0 Å². The van der Waals surface area contributed by atoms with Crippen molar-refractivity contribution in [2.75, 3.05) is 11.9 Å². The van der Waals surface area contributed by atoms with Crippen molar-refractivity contribution in [1.82, 2.24) is 14.9 Å². The van der Waals surface area contributed by atoms with E-state index in [-0.39, 0.29) is 23.7 Å². The van der Waals surface area contributed by atoms with Gasteiger partial charge >= 0.3 is 6.01 Å². The first kappa shape index (κ1) is 20.3. The van der Waals surface area contributed by atoms with Crippen molar-refractivity contribution in [2.24, 2.45) is 5.92 Å². The zero-order valence-corrected chi connectivity index (χ0v) is 17.3. The highest BCUT2D eigenvalue weighted by molar-refractivity contribution is 5.97. The van der Waals surface area contributed by atoms with Gasteiger partial charge in [0.2, 0.25) is 11.8 Å². The highest BCUT2D eigenvalue weighted by atomic mass is 16.5. The molecule has 2 aromatic rings. The summed E-state index contributed by atoms with van der Waals surface area (Å²) in [5.74, 6) is 0.328. The number of aryl methyl sites for hydroxylation is 1. The molecule has 1 aromatic heterocycles. The highest BCUT2D eigenvalue weighted by Crippen LogP contribution is 2.30. The van der Waals surface area contributed by atoms with Gasteiger partial charge in [0.05, 0.1) is 5.92 Å². The minimum atomic E-state index is -0.297. The van der Waals surface area contributed by atoms with Crippen LogP contribution < -0.4 is 10.1 Å². The Morgan fingerprint density at radius 3 is 2.57 bits per heavy atom. The smallest absolute Gasteiger partial charge is 0.321 e. The van der Waals surface area contributed by atoms with Crippen LogP contribution in [0.5, 0.6) is 11.8 Å². The molecule has 2 aliphatic rings. The molecule has 0 radical (unpaired) electrons. The monoisotopic (exact) mass is 408 g/mol. The molecular formula is C23H28N4O3. The van der Waals surface area contributed by atoms with Crippen molar-refractivity contribution >= 4 is 17.5 Å². The molecule has 1 N–H and O–H groups in total. The Bertz CT molecular complexity index is 895. The van der Waals surface area contributed by atoms with Gasteiger partial charge in [-0.1, -0.05) is 25.7 Å². The molecule has 1 aromatic carbocycles. The SMILES string of the molecule is Cc1cc(Oc2ncccn2)ccc1NC(=O)C1CC(=O)N(C2CCCCCC2)C1. The number of carbonyl (C=O) groups excluding carboxylic acids is 2. The Morgan fingerprint density at radius 2 is 1.87 bits per heavy atom. The second-order valence-electron chi connectivity index (χ2n) is 8.19. The van der Waals surface area contributed by atoms with E-state index in [1.54, 1.807) is 24.5 Å². The van der Waals surface area contributed by atoms with Gasteiger partial charge in [-0.2, -0.15) is 0 Å². The van der Waals surface area contributed by atoms with Gasteiger partial charge in [-0.3, -0.25) is 9.59 Å². The summed E-state index contributed by atoms with van der Waals surface area (Å²) in [6.07, 6.45) is 10.5. The van der Waals surface area contributed by atoms with E-state index in [4.69, 9.17) is 4.74 Å². The van der Waals surface area contributed by atoms with Crippen molar-refractivity contribution < 1.29 is 14.3 Å². The minimum absolute atomic E-state index is 0.0948. The summed E-state index contributed by atoms with van der Waals surface area (Å²) in [7, 11) is 0. The zero-order valence-electron chi connectivity index (χ0n) is 17.3. The fourth-order valence-electron chi connectivity index (χ4n) is 4.35. The number of carbonyl (C=O) groups is 2. The molecule has 7 nitrogen and oxygen atoms in total. The number of ether oxygens (including phenoxy) is 1. The first-order valence-corrected chi connectivity index (χ1v) is 10.8. The summed E-state index contributed by atoms with van der Waals surface area (Å²) in [6.45, 7) is 2.44. The molecule has 1 saturated carbocycles. The molecule has 0 bridgehead atoms. The summed E-state index contributed by atoms with van der Waals surface area (Å²) < 4.78 is 5.64. The topological polar surface area (TPSA) is 84.4 Å². The number of amides is 2. The zero-order chi connectivity index (χ0) is 20.9. The van der Waals surface area contributed by atoms with Crippen LogP contribution in [0, 0.1) is 12.8 Å². The molecule has 4 rings (SSSR count). The minimum Gasteiger partial charge on any atom is -0.424 e. The average Bonchev–Trinajstić information content (AvgIpc) is 2.95. The molecule has 1 unspecified atom stereocenters. The number of likely N-dealkylation sites (tertiary alicyclic amines) is 1. The third-order valence-corrected chi connectivity index (χ3v) is 6.00. The van der Waals surface area contributed by atoms with Crippen LogP contribution in [0.1, 0.15) is 50.5 Å². The summed E-state index contributed by atoms with van der Waals surface area (Å²) in [6, 6.07) is 7.72. The number of nitrogens with one attached hydrogen (secondary N) is 1. The van der Waals surface area contributed by atoms with Gasteiger partial charge in [-0.05, 0) is 49.6 Å². The fraction of sp³-hybridized carbons (Fsp3) is 0.478. The second kappa shape index (κ2) is 9.24. The van der Waals surface area contributed by atoms with E-state index < -0.39 is 0 Å². The summed E-state index contributed by atoms with van der Waals surface area (Å²) in [5.41, 5.74) is 1.60. The Labute approximate surface area is 176 Å². The number of hydrogen-bond acceptors (Lipinski definition) is 5. The van der Waals surface area contributed by atoms with E-state index in [0.717, 1.165) is 24.1 Å². The van der Waals surface area contributed by atoms with Crippen LogP contribution in [0.15, 0.2) is 36.7 Å². The molecule has 2 fully saturated rings. The van der Waals surface area contributed by atoms with Crippen LogP contribution in [0.4, 0.5) is 5.69 Å². The fourth-order valence-corrected chi connectivity index (χ4v) is 4.35. The number of benzene rings is 1. The predicted octanol–water partition coefficient (Wildman–Crippen LogP) is 4.09. The van der Waals surface area contributed by atoms with E-state index in [9.17, 15) is 9.59 Å². The maximum Gasteiger partial charge on any atom is 0.321 e. The van der Waals surface area contributed by atoms with E-state index in [0.29, 0.717) is 24.8 Å². The Morgan fingerprint density at radius 1 is 1.13 bits per heavy atom.